The largest absolute Gasteiger partial charge is 0.491 e. The first-order chi connectivity index (χ1) is 9.25. The second kappa shape index (κ2) is 5.39. The second-order valence-electron chi connectivity index (χ2n) is 5.43. The van der Waals surface area contributed by atoms with Crippen LogP contribution in [-0.2, 0) is 9.47 Å². The van der Waals surface area contributed by atoms with E-state index >= 15 is 0 Å². The molecular formula is C14H18F4O2. The van der Waals surface area contributed by atoms with Gasteiger partial charge in [0.05, 0.1) is 19.3 Å². The molecule has 0 aromatic carbocycles. The van der Waals surface area contributed by atoms with Crippen LogP contribution in [0.15, 0.2) is 23.5 Å². The normalized spacial score (nSPS) is 32.3. The smallest absolute Gasteiger partial charge is 0.369 e. The summed E-state index contributed by atoms with van der Waals surface area (Å²) in [7, 11) is 0. The van der Waals surface area contributed by atoms with Crippen molar-refractivity contribution in [2.24, 2.45) is 5.92 Å². The molecule has 0 N–H and O–H groups in total. The molecular weight excluding hydrogens is 276 g/mol. The van der Waals surface area contributed by atoms with E-state index in [4.69, 9.17) is 9.47 Å². The summed E-state index contributed by atoms with van der Waals surface area (Å²) in [6, 6.07) is 0. The minimum atomic E-state index is -4.30. The molecule has 0 amide bonds. The summed E-state index contributed by atoms with van der Waals surface area (Å²) >= 11 is 0. The number of allylic oxidation sites excluding steroid dienone is 4. The predicted molar refractivity (Wildman–Crippen MR) is 65.8 cm³/mol. The van der Waals surface area contributed by atoms with E-state index in [-0.39, 0.29) is 18.6 Å². The third-order valence-electron chi connectivity index (χ3n) is 3.76. The number of alkyl halides is 4. The first kappa shape index (κ1) is 15.4. The first-order valence-corrected chi connectivity index (χ1v) is 6.64. The highest BCUT2D eigenvalue weighted by Gasteiger charge is 2.62. The molecule has 0 radical (unpaired) electrons. The van der Waals surface area contributed by atoms with E-state index in [0.29, 0.717) is 6.61 Å². The van der Waals surface area contributed by atoms with Crippen LogP contribution >= 0.6 is 0 Å². The van der Waals surface area contributed by atoms with Gasteiger partial charge >= 0.3 is 11.8 Å². The highest BCUT2D eigenvalue weighted by molar-refractivity contribution is 5.33. The Bertz CT molecular complexity index is 421. The molecule has 1 heterocycles. The highest BCUT2D eigenvalue weighted by atomic mass is 19.3. The Morgan fingerprint density at radius 3 is 2.50 bits per heavy atom. The number of halogens is 4. The van der Waals surface area contributed by atoms with Crippen LogP contribution in [0.5, 0.6) is 0 Å². The van der Waals surface area contributed by atoms with Crippen LogP contribution in [0.1, 0.15) is 26.7 Å². The topological polar surface area (TPSA) is 18.5 Å². The zero-order chi connectivity index (χ0) is 15.0. The van der Waals surface area contributed by atoms with Crippen LogP contribution in [0.2, 0.25) is 0 Å². The van der Waals surface area contributed by atoms with Gasteiger partial charge in [0.15, 0.2) is 5.76 Å². The molecule has 2 nitrogen and oxygen atoms in total. The molecule has 2 rings (SSSR count). The number of rotatable bonds is 3. The summed E-state index contributed by atoms with van der Waals surface area (Å²) in [5.41, 5.74) is -0.662. The molecule has 2 unspecified atom stereocenters. The monoisotopic (exact) mass is 294 g/mol. The molecule has 1 aliphatic carbocycles. The van der Waals surface area contributed by atoms with E-state index in [1.165, 1.54) is 0 Å². The minimum Gasteiger partial charge on any atom is -0.491 e. The molecule has 1 fully saturated rings. The minimum absolute atomic E-state index is 0.0306. The molecule has 0 aromatic heterocycles. The standard InChI is InChI=1S/C14H18F4O2/c1-9-3-6-12(14(17,18)13(9,15)16)20-8-11-5-4-10(2)19-7-11/h3,6,10-11H,4-5,7-8H2,1-2H3. The molecule has 0 bridgehead atoms. The lowest BCUT2D eigenvalue weighted by Gasteiger charge is -2.33. The fraction of sp³-hybridized carbons (Fsp3) is 0.714. The lowest BCUT2D eigenvalue weighted by Crippen LogP contribution is -2.45. The van der Waals surface area contributed by atoms with Gasteiger partial charge in [-0.15, -0.1) is 0 Å². The van der Waals surface area contributed by atoms with Gasteiger partial charge in [-0.05, 0) is 32.8 Å². The average molecular weight is 294 g/mol. The summed E-state index contributed by atoms with van der Waals surface area (Å²) < 4.78 is 64.7. The Morgan fingerprint density at radius 2 is 1.90 bits per heavy atom. The van der Waals surface area contributed by atoms with E-state index in [9.17, 15) is 17.6 Å². The number of hydrogen-bond donors (Lipinski definition) is 0. The Labute approximate surface area is 115 Å². The van der Waals surface area contributed by atoms with Crippen molar-refractivity contribution in [1.82, 2.24) is 0 Å². The second-order valence-corrected chi connectivity index (χ2v) is 5.43. The van der Waals surface area contributed by atoms with Gasteiger partial charge in [-0.3, -0.25) is 0 Å². The average Bonchev–Trinajstić information content (AvgIpc) is 2.38. The van der Waals surface area contributed by atoms with E-state index in [1.807, 2.05) is 6.92 Å². The van der Waals surface area contributed by atoms with Gasteiger partial charge in [0.2, 0.25) is 0 Å². The van der Waals surface area contributed by atoms with Crippen molar-refractivity contribution in [2.45, 2.75) is 44.6 Å². The zero-order valence-corrected chi connectivity index (χ0v) is 11.5. The van der Waals surface area contributed by atoms with Gasteiger partial charge in [-0.1, -0.05) is 6.08 Å². The summed E-state index contributed by atoms with van der Waals surface area (Å²) in [5, 5.41) is 0. The van der Waals surface area contributed by atoms with Crippen molar-refractivity contribution in [3.05, 3.63) is 23.5 Å². The third-order valence-corrected chi connectivity index (χ3v) is 3.76. The summed E-state index contributed by atoms with van der Waals surface area (Å²) in [5.74, 6) is -9.50. The van der Waals surface area contributed by atoms with Crippen LogP contribution in [-0.4, -0.2) is 31.2 Å². The molecule has 0 saturated carbocycles. The predicted octanol–water partition coefficient (Wildman–Crippen LogP) is 3.93. The van der Waals surface area contributed by atoms with Gasteiger partial charge in [-0.2, -0.15) is 17.6 Å². The fourth-order valence-corrected chi connectivity index (χ4v) is 2.23. The molecule has 2 atom stereocenters. The zero-order valence-electron chi connectivity index (χ0n) is 11.5. The van der Waals surface area contributed by atoms with Crippen molar-refractivity contribution >= 4 is 0 Å². The fourth-order valence-electron chi connectivity index (χ4n) is 2.23. The van der Waals surface area contributed by atoms with Crippen LogP contribution in [0.3, 0.4) is 0 Å². The van der Waals surface area contributed by atoms with E-state index in [1.54, 1.807) is 0 Å². The lowest BCUT2D eigenvalue weighted by atomic mass is 9.96. The highest BCUT2D eigenvalue weighted by Crippen LogP contribution is 2.47. The van der Waals surface area contributed by atoms with Crippen molar-refractivity contribution in [3.63, 3.8) is 0 Å². The van der Waals surface area contributed by atoms with Crippen molar-refractivity contribution < 1.29 is 27.0 Å². The maximum atomic E-state index is 13.7. The van der Waals surface area contributed by atoms with Crippen molar-refractivity contribution in [1.29, 1.82) is 0 Å². The molecule has 114 valence electrons. The molecule has 0 aromatic rings. The van der Waals surface area contributed by atoms with Gasteiger partial charge < -0.3 is 9.47 Å². The summed E-state index contributed by atoms with van der Waals surface area (Å²) in [6.45, 7) is 3.29. The van der Waals surface area contributed by atoms with E-state index in [0.717, 1.165) is 31.9 Å². The van der Waals surface area contributed by atoms with Crippen LogP contribution in [0.25, 0.3) is 0 Å². The summed E-state index contributed by atoms with van der Waals surface area (Å²) in [6.07, 6.45) is 3.66. The Kier molecular flexibility index (Phi) is 4.14. The Morgan fingerprint density at radius 1 is 1.20 bits per heavy atom. The maximum absolute atomic E-state index is 13.7. The molecule has 6 heteroatoms. The molecule has 1 saturated heterocycles. The molecule has 2 aliphatic rings. The van der Waals surface area contributed by atoms with Crippen LogP contribution in [0, 0.1) is 5.92 Å². The first-order valence-electron chi connectivity index (χ1n) is 6.64. The molecule has 0 spiro atoms. The summed E-state index contributed by atoms with van der Waals surface area (Å²) in [4.78, 5) is 0. The third kappa shape index (κ3) is 2.71. The SMILES string of the molecule is CC1=CC=C(OCC2CCC(C)OC2)C(F)(F)C1(F)F. The Hall–Kier alpha value is -1.04. The number of ether oxygens (including phenoxy) is 2. The van der Waals surface area contributed by atoms with Crippen LogP contribution < -0.4 is 0 Å². The Balaban J connectivity index is 1.99. The van der Waals surface area contributed by atoms with Gasteiger partial charge in [0.1, 0.15) is 0 Å². The quantitative estimate of drug-likeness (QED) is 0.734. The van der Waals surface area contributed by atoms with Gasteiger partial charge in [-0.25, -0.2) is 0 Å². The molecule has 1 aliphatic heterocycles. The maximum Gasteiger partial charge on any atom is 0.369 e. The van der Waals surface area contributed by atoms with Crippen molar-refractivity contribution in [2.75, 3.05) is 13.2 Å². The lowest BCUT2D eigenvalue weighted by molar-refractivity contribution is -0.187. The van der Waals surface area contributed by atoms with Gasteiger partial charge in [0.25, 0.3) is 0 Å². The van der Waals surface area contributed by atoms with E-state index in [2.05, 4.69) is 0 Å². The van der Waals surface area contributed by atoms with E-state index < -0.39 is 23.2 Å². The molecule has 20 heavy (non-hydrogen) atoms. The number of hydrogen-bond acceptors (Lipinski definition) is 2. The van der Waals surface area contributed by atoms with Gasteiger partial charge in [0, 0.05) is 11.5 Å². The van der Waals surface area contributed by atoms with Crippen LogP contribution in [0.4, 0.5) is 17.6 Å². The van der Waals surface area contributed by atoms with Crippen molar-refractivity contribution in [3.8, 4) is 0 Å².